The highest BCUT2D eigenvalue weighted by Gasteiger charge is 2.49. The van der Waals surface area contributed by atoms with Crippen LogP contribution in [0, 0.1) is 26.7 Å². The first-order valence-electron chi connectivity index (χ1n) is 14.7. The number of ether oxygens (including phenoxy) is 2. The topological polar surface area (TPSA) is 92.7 Å². The molecule has 218 valence electrons. The van der Waals surface area contributed by atoms with Crippen LogP contribution in [0.5, 0.6) is 11.5 Å². The minimum atomic E-state index is -0.805. The second kappa shape index (κ2) is 10.0. The lowest BCUT2D eigenvalue weighted by molar-refractivity contribution is -0.123. The molecule has 0 spiro atoms. The van der Waals surface area contributed by atoms with E-state index in [1.54, 1.807) is 9.58 Å². The van der Waals surface area contributed by atoms with E-state index in [2.05, 4.69) is 36.0 Å². The van der Waals surface area contributed by atoms with Crippen LogP contribution in [-0.2, 0) is 20.0 Å². The molecule has 2 aliphatic heterocycles. The highest BCUT2D eigenvalue weighted by molar-refractivity contribution is 6.02. The third-order valence-electron chi connectivity index (χ3n) is 9.50. The fourth-order valence-corrected chi connectivity index (χ4v) is 7.14. The van der Waals surface area contributed by atoms with Crippen LogP contribution in [0.4, 0.5) is 0 Å². The van der Waals surface area contributed by atoms with Gasteiger partial charge in [0, 0.05) is 66.6 Å². The summed E-state index contributed by atoms with van der Waals surface area (Å²) < 4.78 is 15.4. The molecule has 1 fully saturated rings. The maximum Gasteiger partial charge on any atom is 0.254 e. The third kappa shape index (κ3) is 4.64. The Bertz CT molecular complexity index is 1580. The largest absolute Gasteiger partial charge is 0.448 e. The van der Waals surface area contributed by atoms with Gasteiger partial charge in [0.05, 0.1) is 18.3 Å². The van der Waals surface area contributed by atoms with Crippen molar-refractivity contribution in [2.45, 2.75) is 78.2 Å². The van der Waals surface area contributed by atoms with E-state index in [0.29, 0.717) is 35.9 Å². The van der Waals surface area contributed by atoms with Crippen LogP contribution in [0.2, 0.25) is 0 Å². The zero-order valence-electron chi connectivity index (χ0n) is 25.3. The predicted octanol–water partition coefficient (Wildman–Crippen LogP) is 4.51. The highest BCUT2D eigenvalue weighted by Crippen LogP contribution is 2.55. The molecule has 0 radical (unpaired) electrons. The molecule has 4 heterocycles. The van der Waals surface area contributed by atoms with Gasteiger partial charge in [-0.25, -0.2) is 0 Å². The highest BCUT2D eigenvalue weighted by atomic mass is 16.7. The molecule has 3 aliphatic rings. The average molecular weight is 560 g/mol. The normalized spacial score (nSPS) is 23.8. The van der Waals surface area contributed by atoms with Crippen molar-refractivity contribution in [1.82, 2.24) is 24.6 Å². The molecule has 1 N–H and O–H groups in total. The van der Waals surface area contributed by atoms with E-state index in [-0.39, 0.29) is 23.9 Å². The van der Waals surface area contributed by atoms with Crippen LogP contribution >= 0.6 is 0 Å². The van der Waals surface area contributed by atoms with E-state index >= 15 is 0 Å². The van der Waals surface area contributed by atoms with Gasteiger partial charge in [-0.1, -0.05) is 0 Å². The fourth-order valence-electron chi connectivity index (χ4n) is 7.14. The molecule has 1 amide bonds. The van der Waals surface area contributed by atoms with Crippen molar-refractivity contribution < 1.29 is 14.3 Å². The summed E-state index contributed by atoms with van der Waals surface area (Å²) in [4.78, 5) is 34.0. The first-order chi connectivity index (χ1) is 19.5. The van der Waals surface area contributed by atoms with Crippen LogP contribution in [0.1, 0.15) is 70.9 Å². The summed E-state index contributed by atoms with van der Waals surface area (Å²) in [6.45, 7) is 8.60. The average Bonchev–Trinajstić information content (AvgIpc) is 3.51. The summed E-state index contributed by atoms with van der Waals surface area (Å²) in [7, 11) is 6.19. The van der Waals surface area contributed by atoms with Gasteiger partial charge in [0.25, 0.3) is 17.3 Å². The third-order valence-corrected chi connectivity index (χ3v) is 9.50. The van der Waals surface area contributed by atoms with Crippen molar-refractivity contribution >= 4 is 5.91 Å². The molecule has 3 aromatic rings. The minimum absolute atomic E-state index is 0.0836. The molecule has 9 heteroatoms. The minimum Gasteiger partial charge on any atom is -0.448 e. The van der Waals surface area contributed by atoms with E-state index in [1.807, 2.05) is 46.3 Å². The number of hydrogen-bond donors (Lipinski definition) is 1. The number of rotatable bonds is 5. The summed E-state index contributed by atoms with van der Waals surface area (Å²) in [5.41, 5.74) is 6.43. The van der Waals surface area contributed by atoms with Gasteiger partial charge in [-0.15, -0.1) is 0 Å². The van der Waals surface area contributed by atoms with Gasteiger partial charge in [0.1, 0.15) is 0 Å². The number of carbonyl (C=O) groups excluding carboxylic acids is 1. The molecule has 0 bridgehead atoms. The van der Waals surface area contributed by atoms with Gasteiger partial charge >= 0.3 is 0 Å². The molecular formula is C32H41N5O4. The quantitative estimate of drug-likeness (QED) is 0.495. The summed E-state index contributed by atoms with van der Waals surface area (Å²) in [5, 5.41) is 4.44. The Kier molecular flexibility index (Phi) is 6.76. The molecule has 2 aromatic heterocycles. The fraction of sp³-hybridized carbons (Fsp3) is 0.531. The number of H-pyrrole nitrogens is 1. The number of aryl methyl sites for hydroxylation is 3. The van der Waals surface area contributed by atoms with Gasteiger partial charge in [0.15, 0.2) is 11.5 Å². The molecule has 1 aliphatic carbocycles. The zero-order valence-corrected chi connectivity index (χ0v) is 25.3. The molecular weight excluding hydrogens is 518 g/mol. The van der Waals surface area contributed by atoms with Gasteiger partial charge < -0.3 is 24.3 Å². The van der Waals surface area contributed by atoms with Gasteiger partial charge in [-0.3, -0.25) is 14.3 Å². The van der Waals surface area contributed by atoms with E-state index in [0.717, 1.165) is 64.9 Å². The van der Waals surface area contributed by atoms with Gasteiger partial charge in [-0.05, 0) is 84.2 Å². The smallest absolute Gasteiger partial charge is 0.254 e. The van der Waals surface area contributed by atoms with Crippen LogP contribution in [0.3, 0.4) is 0 Å². The Labute approximate surface area is 241 Å². The summed E-state index contributed by atoms with van der Waals surface area (Å²) in [6.07, 6.45) is 8.70. The molecule has 9 nitrogen and oxygen atoms in total. The van der Waals surface area contributed by atoms with Crippen LogP contribution in [0.15, 0.2) is 23.3 Å². The number of pyridine rings is 1. The summed E-state index contributed by atoms with van der Waals surface area (Å²) in [6, 6.07) is 2.53. The van der Waals surface area contributed by atoms with Crippen molar-refractivity contribution in [1.29, 1.82) is 0 Å². The molecule has 41 heavy (non-hydrogen) atoms. The number of aromatic amines is 1. The van der Waals surface area contributed by atoms with E-state index in [1.165, 1.54) is 0 Å². The van der Waals surface area contributed by atoms with Crippen molar-refractivity contribution in [3.63, 3.8) is 0 Å². The van der Waals surface area contributed by atoms with E-state index < -0.39 is 5.79 Å². The van der Waals surface area contributed by atoms with E-state index in [9.17, 15) is 9.59 Å². The Morgan fingerprint density at radius 2 is 1.78 bits per heavy atom. The Balaban J connectivity index is 1.40. The van der Waals surface area contributed by atoms with Crippen molar-refractivity contribution in [2.75, 3.05) is 20.6 Å². The first kappa shape index (κ1) is 27.6. The van der Waals surface area contributed by atoms with Gasteiger partial charge in [-0.2, -0.15) is 5.10 Å². The van der Waals surface area contributed by atoms with Crippen LogP contribution in [0.25, 0.3) is 11.1 Å². The number of nitrogens with zero attached hydrogens (tertiary/aromatic N) is 4. The zero-order chi connectivity index (χ0) is 29.2. The van der Waals surface area contributed by atoms with E-state index in [4.69, 9.17) is 9.47 Å². The monoisotopic (exact) mass is 559 g/mol. The first-order valence-corrected chi connectivity index (χ1v) is 14.7. The number of amides is 1. The number of hydrogen-bond acceptors (Lipinski definition) is 6. The summed E-state index contributed by atoms with van der Waals surface area (Å²) >= 11 is 0. The Morgan fingerprint density at radius 1 is 1.07 bits per heavy atom. The van der Waals surface area contributed by atoms with Crippen molar-refractivity contribution in [2.24, 2.45) is 13.0 Å². The lowest BCUT2D eigenvalue weighted by Gasteiger charge is -2.39. The Hall–Kier alpha value is -3.59. The lowest BCUT2D eigenvalue weighted by Crippen LogP contribution is -2.46. The molecule has 1 aromatic carbocycles. The molecule has 0 saturated heterocycles. The molecule has 1 saturated carbocycles. The van der Waals surface area contributed by atoms with Crippen molar-refractivity contribution in [3.8, 4) is 22.6 Å². The number of aromatic nitrogens is 3. The SMILES string of the molecule is Cc1cc(C)c(CN2CCc3c(c(C)c4c(c3-c3cnn(C)c3)OC(C)(C3CCC(N(C)C)CC3)O4)C2=O)c(=O)[nH]1. The number of nitrogens with one attached hydrogen (secondary N) is 1. The number of carbonyl (C=O) groups is 1. The number of fused-ring (bicyclic) bond motifs is 2. The second-order valence-electron chi connectivity index (χ2n) is 12.5. The predicted molar refractivity (Wildman–Crippen MR) is 157 cm³/mol. The van der Waals surface area contributed by atoms with Gasteiger partial charge in [0.2, 0.25) is 0 Å². The van der Waals surface area contributed by atoms with Crippen molar-refractivity contribution in [3.05, 3.63) is 62.3 Å². The standard InChI is InChI=1S/C32H41N5O4/c1-18-14-19(2)34-30(38)25(18)17-37-13-12-24-26(31(37)39)20(3)28-29(27(24)21-15-33-36(7)16-21)41-32(4,40-28)22-8-10-23(11-9-22)35(5)6/h14-16,22-23H,8-13,17H2,1-7H3,(H,34,38). The van der Waals surface area contributed by atoms with Crippen LogP contribution < -0.4 is 15.0 Å². The maximum atomic E-state index is 14.2. The second-order valence-corrected chi connectivity index (χ2v) is 12.5. The number of benzene rings is 1. The molecule has 1 unspecified atom stereocenters. The molecule has 1 atom stereocenters. The molecule has 6 rings (SSSR count). The van der Waals surface area contributed by atoms with Crippen LogP contribution in [-0.4, -0.2) is 62.9 Å². The maximum absolute atomic E-state index is 14.2. The Morgan fingerprint density at radius 3 is 2.41 bits per heavy atom. The summed E-state index contributed by atoms with van der Waals surface area (Å²) in [5.74, 6) is 0.728. The lowest BCUT2D eigenvalue weighted by atomic mass is 9.81.